The van der Waals surface area contributed by atoms with Crippen molar-refractivity contribution in [2.75, 3.05) is 27.4 Å². The number of benzene rings is 3. The topological polar surface area (TPSA) is 74.6 Å². The first kappa shape index (κ1) is 26.1. The van der Waals surface area contributed by atoms with E-state index < -0.39 is 0 Å². The number of hydrogen-bond acceptors (Lipinski definition) is 5. The number of ether oxygens (including phenoxy) is 3. The second-order valence-corrected chi connectivity index (χ2v) is 8.82. The molecule has 0 atom stereocenters. The molecular formula is C30H35N3O4. The molecule has 4 rings (SSSR count). The Balaban J connectivity index is 1.24. The maximum atomic E-state index is 12.3. The highest BCUT2D eigenvalue weighted by Crippen LogP contribution is 2.26. The van der Waals surface area contributed by atoms with Gasteiger partial charge in [0.05, 0.1) is 31.9 Å². The van der Waals surface area contributed by atoms with Crippen LogP contribution in [0, 0.1) is 0 Å². The van der Waals surface area contributed by atoms with Crippen molar-refractivity contribution in [2.45, 2.75) is 38.6 Å². The Labute approximate surface area is 218 Å². The van der Waals surface area contributed by atoms with Gasteiger partial charge in [0.25, 0.3) is 5.91 Å². The second kappa shape index (κ2) is 13.3. The quantitative estimate of drug-likeness (QED) is 0.226. The molecular weight excluding hydrogens is 466 g/mol. The molecule has 0 aliphatic rings. The van der Waals surface area contributed by atoms with Crippen LogP contribution in [0.1, 0.15) is 41.9 Å². The van der Waals surface area contributed by atoms with Crippen LogP contribution in [0.15, 0.2) is 72.8 Å². The van der Waals surface area contributed by atoms with Gasteiger partial charge in [0.1, 0.15) is 11.6 Å². The summed E-state index contributed by atoms with van der Waals surface area (Å²) in [5, 5.41) is 3.00. The molecule has 1 amide bonds. The van der Waals surface area contributed by atoms with Crippen LogP contribution in [0.3, 0.4) is 0 Å². The van der Waals surface area contributed by atoms with Gasteiger partial charge in [0.2, 0.25) is 0 Å². The average Bonchev–Trinajstić information content (AvgIpc) is 3.30. The minimum Gasteiger partial charge on any atom is -0.497 e. The monoisotopic (exact) mass is 501 g/mol. The summed E-state index contributed by atoms with van der Waals surface area (Å²) in [4.78, 5) is 17.2. The Bertz CT molecular complexity index is 1280. The summed E-state index contributed by atoms with van der Waals surface area (Å²) in [5.41, 5.74) is 2.82. The average molecular weight is 502 g/mol. The fourth-order valence-electron chi connectivity index (χ4n) is 4.34. The van der Waals surface area contributed by atoms with Crippen LogP contribution in [-0.2, 0) is 13.0 Å². The van der Waals surface area contributed by atoms with Crippen molar-refractivity contribution in [3.8, 4) is 17.2 Å². The predicted octanol–water partition coefficient (Wildman–Crippen LogP) is 5.67. The van der Waals surface area contributed by atoms with Crippen molar-refractivity contribution in [1.82, 2.24) is 14.9 Å². The van der Waals surface area contributed by atoms with E-state index >= 15 is 0 Å². The third-order valence-corrected chi connectivity index (χ3v) is 6.30. The number of nitrogens with zero attached hydrogens (tertiary/aromatic N) is 2. The molecule has 0 aliphatic carbocycles. The number of imidazole rings is 1. The van der Waals surface area contributed by atoms with Crippen LogP contribution in [0.4, 0.5) is 0 Å². The molecule has 0 saturated heterocycles. The number of methoxy groups -OCH3 is 2. The Morgan fingerprint density at radius 1 is 0.838 bits per heavy atom. The zero-order chi connectivity index (χ0) is 25.9. The van der Waals surface area contributed by atoms with E-state index in [9.17, 15) is 4.79 Å². The fourth-order valence-corrected chi connectivity index (χ4v) is 4.34. The first-order valence-electron chi connectivity index (χ1n) is 12.8. The number of carbonyl (C=O) groups is 1. The molecule has 4 aromatic rings. The van der Waals surface area contributed by atoms with Gasteiger partial charge >= 0.3 is 0 Å². The molecule has 0 unspecified atom stereocenters. The molecule has 0 radical (unpaired) electrons. The number of nitrogens with one attached hydrogen (secondary N) is 1. The van der Waals surface area contributed by atoms with Gasteiger partial charge in [-0.3, -0.25) is 4.79 Å². The normalized spacial score (nSPS) is 10.9. The third kappa shape index (κ3) is 7.03. The summed E-state index contributed by atoms with van der Waals surface area (Å²) in [6.07, 6.45) is 4.72. The first-order valence-corrected chi connectivity index (χ1v) is 12.8. The lowest BCUT2D eigenvalue weighted by Gasteiger charge is -2.12. The Kier molecular flexibility index (Phi) is 9.41. The van der Waals surface area contributed by atoms with Gasteiger partial charge < -0.3 is 24.1 Å². The highest BCUT2D eigenvalue weighted by Gasteiger charge is 2.11. The molecule has 0 bridgehead atoms. The van der Waals surface area contributed by atoms with Crippen LogP contribution >= 0.6 is 0 Å². The Morgan fingerprint density at radius 2 is 1.59 bits per heavy atom. The number of amides is 1. The van der Waals surface area contributed by atoms with Crippen molar-refractivity contribution in [1.29, 1.82) is 0 Å². The van der Waals surface area contributed by atoms with Gasteiger partial charge in [0, 0.05) is 25.1 Å². The summed E-state index contributed by atoms with van der Waals surface area (Å²) >= 11 is 0. The maximum absolute atomic E-state index is 12.3. The molecule has 194 valence electrons. The highest BCUT2D eigenvalue weighted by molar-refractivity contribution is 5.94. The molecule has 1 heterocycles. The predicted molar refractivity (Wildman–Crippen MR) is 146 cm³/mol. The number of aryl methyl sites for hydroxylation is 2. The smallest absolute Gasteiger partial charge is 0.251 e. The molecule has 0 aliphatic heterocycles. The van der Waals surface area contributed by atoms with Gasteiger partial charge in [-0.05, 0) is 67.8 Å². The summed E-state index contributed by atoms with van der Waals surface area (Å²) in [7, 11) is 3.27. The molecule has 3 aromatic carbocycles. The fraction of sp³-hybridized carbons (Fsp3) is 0.333. The second-order valence-electron chi connectivity index (χ2n) is 8.82. The summed E-state index contributed by atoms with van der Waals surface area (Å²) < 4.78 is 18.8. The number of hydrogen-bond donors (Lipinski definition) is 1. The van der Waals surface area contributed by atoms with Gasteiger partial charge in [-0.25, -0.2) is 4.98 Å². The summed E-state index contributed by atoms with van der Waals surface area (Å²) in [5.74, 6) is 3.29. The lowest BCUT2D eigenvalue weighted by Crippen LogP contribution is -2.24. The Hall–Kier alpha value is -4.00. The molecule has 7 nitrogen and oxygen atoms in total. The molecule has 1 N–H and O–H groups in total. The number of unbranched alkanes of at least 4 members (excludes halogenated alkanes) is 2. The van der Waals surface area contributed by atoms with Crippen molar-refractivity contribution in [3.63, 3.8) is 0 Å². The maximum Gasteiger partial charge on any atom is 0.251 e. The lowest BCUT2D eigenvalue weighted by molar-refractivity contribution is 0.0953. The van der Waals surface area contributed by atoms with Crippen molar-refractivity contribution in [3.05, 3.63) is 84.2 Å². The number of aromatic nitrogens is 2. The first-order chi connectivity index (χ1) is 18.2. The highest BCUT2D eigenvalue weighted by atomic mass is 16.5. The zero-order valence-corrected chi connectivity index (χ0v) is 21.6. The van der Waals surface area contributed by atoms with Crippen LogP contribution in [0.2, 0.25) is 0 Å². The van der Waals surface area contributed by atoms with E-state index in [2.05, 4.69) is 28.1 Å². The summed E-state index contributed by atoms with van der Waals surface area (Å²) in [6.45, 7) is 2.09. The van der Waals surface area contributed by atoms with E-state index in [0.717, 1.165) is 72.8 Å². The number of fused-ring (bicyclic) bond motifs is 1. The van der Waals surface area contributed by atoms with Gasteiger partial charge in [-0.1, -0.05) is 30.7 Å². The third-order valence-electron chi connectivity index (χ3n) is 6.30. The molecule has 1 aromatic heterocycles. The number of para-hydroxylation sites is 4. The van der Waals surface area contributed by atoms with Gasteiger partial charge in [-0.2, -0.15) is 0 Å². The van der Waals surface area contributed by atoms with Crippen molar-refractivity contribution in [2.24, 2.45) is 0 Å². The minimum atomic E-state index is -0.0558. The molecule has 0 saturated carbocycles. The van der Waals surface area contributed by atoms with Gasteiger partial charge in [-0.15, -0.1) is 0 Å². The lowest BCUT2D eigenvalue weighted by atomic mass is 10.1. The number of rotatable bonds is 14. The van der Waals surface area contributed by atoms with E-state index in [0.29, 0.717) is 18.7 Å². The molecule has 0 fully saturated rings. The minimum absolute atomic E-state index is 0.0558. The largest absolute Gasteiger partial charge is 0.497 e. The van der Waals surface area contributed by atoms with E-state index in [-0.39, 0.29) is 5.91 Å². The van der Waals surface area contributed by atoms with Crippen LogP contribution < -0.4 is 19.5 Å². The van der Waals surface area contributed by atoms with Crippen molar-refractivity contribution >= 4 is 16.9 Å². The van der Waals surface area contributed by atoms with Crippen molar-refractivity contribution < 1.29 is 19.0 Å². The van der Waals surface area contributed by atoms with Crippen LogP contribution in [-0.4, -0.2) is 42.8 Å². The summed E-state index contributed by atoms with van der Waals surface area (Å²) in [6, 6.07) is 23.1. The Morgan fingerprint density at radius 3 is 2.38 bits per heavy atom. The van der Waals surface area contributed by atoms with Gasteiger partial charge in [0.15, 0.2) is 11.5 Å². The molecule has 37 heavy (non-hydrogen) atoms. The van der Waals surface area contributed by atoms with E-state index in [4.69, 9.17) is 19.2 Å². The molecule has 0 spiro atoms. The SMILES string of the molecule is COc1ccc(C(=O)NCCCCCc2nc3ccccc3n2CCCOc2ccccc2OC)cc1. The zero-order valence-electron chi connectivity index (χ0n) is 21.6. The molecule has 7 heteroatoms. The van der Waals surface area contributed by atoms with Crippen LogP contribution in [0.5, 0.6) is 17.2 Å². The van der Waals surface area contributed by atoms with E-state index in [1.165, 1.54) is 0 Å². The number of carbonyl (C=O) groups excluding carboxylic acids is 1. The van der Waals surface area contributed by atoms with E-state index in [1.807, 2.05) is 30.3 Å². The van der Waals surface area contributed by atoms with Crippen LogP contribution in [0.25, 0.3) is 11.0 Å². The standard InChI is InChI=1S/C30H35N3O4/c1-35-24-18-16-23(17-19-24)30(34)31-20-9-3-4-15-29-32-25-11-5-6-12-26(25)33(29)21-10-22-37-28-14-8-7-13-27(28)36-2/h5-8,11-14,16-19H,3-4,9-10,15,20-22H2,1-2H3,(H,31,34). The van der Waals surface area contributed by atoms with E-state index in [1.54, 1.807) is 38.5 Å².